The van der Waals surface area contributed by atoms with Gasteiger partial charge in [-0.3, -0.25) is 5.10 Å². The summed E-state index contributed by atoms with van der Waals surface area (Å²) in [5, 5.41) is 19.5. The van der Waals surface area contributed by atoms with E-state index >= 15 is 0 Å². The fraction of sp³-hybridized carbons (Fsp3) is 0. The standard InChI is InChI=1S/C14H9ClFN5O3S/c15-7-4-10-12(13(22)11(7)16)19-14(21-25(10,23)24)18-8-2-1-3-9-6(8)5-17-20-9/h1-5,22H,(H,17,20)(H2,18,19,21). The van der Waals surface area contributed by atoms with Gasteiger partial charge >= 0.3 is 0 Å². The molecule has 0 aliphatic carbocycles. The highest BCUT2D eigenvalue weighted by molar-refractivity contribution is 7.90. The molecule has 0 amide bonds. The molecule has 2 heterocycles. The molecule has 11 heteroatoms. The Balaban J connectivity index is 1.85. The average molecular weight is 382 g/mol. The van der Waals surface area contributed by atoms with Crippen LogP contribution in [0.2, 0.25) is 5.02 Å². The fourth-order valence-corrected chi connectivity index (χ4v) is 3.86. The average Bonchev–Trinajstić information content (AvgIpc) is 3.03. The van der Waals surface area contributed by atoms with Crippen LogP contribution in [0.3, 0.4) is 0 Å². The number of aromatic amines is 1. The Bertz CT molecular complexity index is 1160. The predicted molar refractivity (Wildman–Crippen MR) is 90.2 cm³/mol. The summed E-state index contributed by atoms with van der Waals surface area (Å²) in [7, 11) is -4.09. The maximum Gasteiger partial charge on any atom is 0.266 e. The summed E-state index contributed by atoms with van der Waals surface area (Å²) in [6, 6.07) is 6.10. The summed E-state index contributed by atoms with van der Waals surface area (Å²) in [6.45, 7) is 0. The lowest BCUT2D eigenvalue weighted by Crippen LogP contribution is -2.38. The highest BCUT2D eigenvalue weighted by Gasteiger charge is 2.31. The van der Waals surface area contributed by atoms with Crippen LogP contribution in [0, 0.1) is 5.82 Å². The molecular weight excluding hydrogens is 373 g/mol. The topological polar surface area (TPSA) is 119 Å². The SMILES string of the molecule is O=S1(=O)NC(Nc2cccc3[nH]ncc23)=Nc2c1cc(Cl)c(F)c2O. The molecule has 1 aliphatic rings. The Labute approximate surface area is 145 Å². The number of sulfonamides is 1. The van der Waals surface area contributed by atoms with E-state index in [2.05, 4.69) is 25.2 Å². The number of H-pyrrole nitrogens is 1. The van der Waals surface area contributed by atoms with Gasteiger partial charge in [-0.15, -0.1) is 0 Å². The number of aliphatic imine (C=N–C) groups is 1. The second-order valence-corrected chi connectivity index (χ2v) is 7.25. The van der Waals surface area contributed by atoms with Crippen LogP contribution >= 0.6 is 11.6 Å². The first-order chi connectivity index (χ1) is 11.9. The molecule has 0 fully saturated rings. The second-order valence-electron chi connectivity index (χ2n) is 5.20. The van der Waals surface area contributed by atoms with Crippen LogP contribution in [0.15, 0.2) is 40.4 Å². The van der Waals surface area contributed by atoms with Crippen molar-refractivity contribution in [2.45, 2.75) is 4.90 Å². The molecule has 0 radical (unpaired) electrons. The van der Waals surface area contributed by atoms with Crippen LogP contribution in [0.25, 0.3) is 10.9 Å². The van der Waals surface area contributed by atoms with E-state index in [4.69, 9.17) is 11.6 Å². The molecule has 25 heavy (non-hydrogen) atoms. The lowest BCUT2D eigenvalue weighted by Gasteiger charge is -2.20. The van der Waals surface area contributed by atoms with Crippen LogP contribution in [-0.4, -0.2) is 29.7 Å². The number of nitrogens with zero attached hydrogens (tertiary/aromatic N) is 2. The second kappa shape index (κ2) is 5.33. The third-order valence-corrected chi connectivity index (χ3v) is 5.24. The molecule has 8 nitrogen and oxygen atoms in total. The number of anilines is 1. The van der Waals surface area contributed by atoms with Crippen LogP contribution in [0.5, 0.6) is 5.75 Å². The third kappa shape index (κ3) is 2.46. The first-order valence-corrected chi connectivity index (χ1v) is 8.74. The van der Waals surface area contributed by atoms with E-state index in [1.165, 1.54) is 0 Å². The normalized spacial score (nSPS) is 15.4. The summed E-state index contributed by atoms with van der Waals surface area (Å²) < 4.78 is 40.7. The maximum absolute atomic E-state index is 13.8. The zero-order chi connectivity index (χ0) is 17.8. The number of hydrogen-bond donors (Lipinski definition) is 4. The van der Waals surface area contributed by atoms with E-state index in [-0.39, 0.29) is 5.96 Å². The molecule has 0 saturated heterocycles. The fourth-order valence-electron chi connectivity index (χ4n) is 2.47. The van der Waals surface area contributed by atoms with Gasteiger partial charge in [-0.1, -0.05) is 17.7 Å². The van der Waals surface area contributed by atoms with Gasteiger partial charge in [0.2, 0.25) is 5.96 Å². The minimum absolute atomic E-state index is 0.196. The van der Waals surface area contributed by atoms with Crippen LogP contribution < -0.4 is 10.0 Å². The molecule has 2 aromatic carbocycles. The number of aromatic nitrogens is 2. The number of halogens is 2. The zero-order valence-electron chi connectivity index (χ0n) is 12.2. The summed E-state index contributed by atoms with van der Waals surface area (Å²) in [5.74, 6) is -2.27. The van der Waals surface area contributed by atoms with Crippen molar-refractivity contribution in [3.63, 3.8) is 0 Å². The van der Waals surface area contributed by atoms with Crippen molar-refractivity contribution < 1.29 is 17.9 Å². The van der Waals surface area contributed by atoms with Crippen molar-refractivity contribution in [3.8, 4) is 5.75 Å². The monoisotopic (exact) mass is 381 g/mol. The first kappa shape index (κ1) is 15.7. The maximum atomic E-state index is 13.8. The number of hydrogen-bond acceptors (Lipinski definition) is 6. The molecule has 0 unspecified atom stereocenters. The summed E-state index contributed by atoms with van der Waals surface area (Å²) >= 11 is 5.60. The largest absolute Gasteiger partial charge is 0.503 e. The lowest BCUT2D eigenvalue weighted by atomic mass is 10.2. The van der Waals surface area contributed by atoms with Crippen molar-refractivity contribution in [1.82, 2.24) is 14.9 Å². The van der Waals surface area contributed by atoms with Gasteiger partial charge in [0, 0.05) is 5.39 Å². The molecule has 128 valence electrons. The van der Waals surface area contributed by atoms with Crippen LogP contribution in [0.1, 0.15) is 0 Å². The summed E-state index contributed by atoms with van der Waals surface area (Å²) in [5.41, 5.74) is 0.818. The van der Waals surface area contributed by atoms with Gasteiger partial charge in [-0.2, -0.15) is 5.10 Å². The Morgan fingerprint density at radius 3 is 2.92 bits per heavy atom. The molecule has 4 rings (SSSR count). The number of nitrogens with one attached hydrogen (secondary N) is 3. The van der Waals surface area contributed by atoms with Gasteiger partial charge in [-0.25, -0.2) is 22.5 Å². The number of aromatic hydroxyl groups is 1. The van der Waals surface area contributed by atoms with Gasteiger partial charge in [0.1, 0.15) is 10.6 Å². The Hall–Kier alpha value is -2.85. The molecule has 4 N–H and O–H groups in total. The van der Waals surface area contributed by atoms with Gasteiger partial charge in [0.05, 0.1) is 22.4 Å². The smallest absolute Gasteiger partial charge is 0.266 e. The van der Waals surface area contributed by atoms with Gasteiger partial charge in [0.15, 0.2) is 11.6 Å². The quantitative estimate of drug-likeness (QED) is 0.516. The number of phenols is 1. The van der Waals surface area contributed by atoms with Crippen molar-refractivity contribution in [2.24, 2.45) is 4.99 Å². The number of guanidine groups is 1. The van der Waals surface area contributed by atoms with Gasteiger partial charge < -0.3 is 10.4 Å². The van der Waals surface area contributed by atoms with E-state index in [0.29, 0.717) is 11.1 Å². The molecule has 0 bridgehead atoms. The predicted octanol–water partition coefficient (Wildman–Crippen LogP) is 2.45. The number of fused-ring (bicyclic) bond motifs is 2. The number of phenolic OH excluding ortho intramolecular Hbond substituents is 1. The summed E-state index contributed by atoms with van der Waals surface area (Å²) in [4.78, 5) is 3.55. The van der Waals surface area contributed by atoms with Gasteiger partial charge in [0.25, 0.3) is 10.0 Å². The summed E-state index contributed by atoms with van der Waals surface area (Å²) in [6.07, 6.45) is 1.56. The van der Waals surface area contributed by atoms with Crippen LogP contribution in [0.4, 0.5) is 15.8 Å². The molecular formula is C14H9ClFN5O3S. The number of rotatable bonds is 1. The number of benzene rings is 2. The van der Waals surface area contributed by atoms with Crippen LogP contribution in [-0.2, 0) is 10.0 Å². The zero-order valence-corrected chi connectivity index (χ0v) is 13.8. The third-order valence-electron chi connectivity index (χ3n) is 3.62. The Morgan fingerprint density at radius 1 is 1.32 bits per heavy atom. The lowest BCUT2D eigenvalue weighted by molar-refractivity contribution is 0.432. The minimum Gasteiger partial charge on any atom is -0.503 e. The molecule has 1 aromatic heterocycles. The highest BCUT2D eigenvalue weighted by Crippen LogP contribution is 2.41. The Morgan fingerprint density at radius 2 is 2.12 bits per heavy atom. The van der Waals surface area contributed by atoms with Crippen molar-refractivity contribution in [2.75, 3.05) is 5.32 Å². The first-order valence-electron chi connectivity index (χ1n) is 6.88. The van der Waals surface area contributed by atoms with E-state index in [1.807, 2.05) is 0 Å². The molecule has 0 atom stereocenters. The van der Waals surface area contributed by atoms with Crippen molar-refractivity contribution in [1.29, 1.82) is 0 Å². The van der Waals surface area contributed by atoms with Gasteiger partial charge in [-0.05, 0) is 18.2 Å². The molecule has 1 aliphatic heterocycles. The molecule has 0 spiro atoms. The molecule has 3 aromatic rings. The highest BCUT2D eigenvalue weighted by atomic mass is 35.5. The van der Waals surface area contributed by atoms with E-state index < -0.39 is 37.2 Å². The van der Waals surface area contributed by atoms with Crippen molar-refractivity contribution >= 4 is 49.9 Å². The molecule has 0 saturated carbocycles. The van der Waals surface area contributed by atoms with E-state index in [0.717, 1.165) is 11.6 Å². The van der Waals surface area contributed by atoms with E-state index in [9.17, 15) is 17.9 Å². The van der Waals surface area contributed by atoms with Crippen molar-refractivity contribution in [3.05, 3.63) is 41.3 Å². The Kier molecular flexibility index (Phi) is 3.34. The van der Waals surface area contributed by atoms with E-state index in [1.54, 1.807) is 24.4 Å². The minimum atomic E-state index is -4.09.